The molecule has 1 rings (SSSR count). The van der Waals surface area contributed by atoms with Crippen molar-refractivity contribution < 1.29 is 4.74 Å². The molecule has 2 nitrogen and oxygen atoms in total. The Labute approximate surface area is 74.7 Å². The van der Waals surface area contributed by atoms with Crippen LogP contribution >= 0.6 is 15.9 Å². The van der Waals surface area contributed by atoms with Crippen LogP contribution in [0.25, 0.3) is 0 Å². The standard InChI is InChI=1S/C8H10BrNO/c1-5-6(2)8(11-3)10-4-7(5)9/h4H,1-3H3. The summed E-state index contributed by atoms with van der Waals surface area (Å²) in [5.74, 6) is 0.700. The van der Waals surface area contributed by atoms with Crippen LogP contribution in [0, 0.1) is 13.8 Å². The summed E-state index contributed by atoms with van der Waals surface area (Å²) in [6, 6.07) is 0. The lowest BCUT2D eigenvalue weighted by atomic mass is 10.2. The zero-order chi connectivity index (χ0) is 8.43. The van der Waals surface area contributed by atoms with Crippen LogP contribution in [0.3, 0.4) is 0 Å². The minimum atomic E-state index is 0.700. The fourth-order valence-corrected chi connectivity index (χ4v) is 1.25. The van der Waals surface area contributed by atoms with E-state index in [0.29, 0.717) is 5.88 Å². The van der Waals surface area contributed by atoms with E-state index in [2.05, 4.69) is 20.9 Å². The van der Waals surface area contributed by atoms with Gasteiger partial charge in [-0.15, -0.1) is 0 Å². The summed E-state index contributed by atoms with van der Waals surface area (Å²) >= 11 is 3.39. The molecule has 0 unspecified atom stereocenters. The van der Waals surface area contributed by atoms with Crippen LogP contribution in [0.4, 0.5) is 0 Å². The Kier molecular flexibility index (Phi) is 2.49. The van der Waals surface area contributed by atoms with Crippen molar-refractivity contribution in [3.63, 3.8) is 0 Å². The van der Waals surface area contributed by atoms with E-state index in [1.54, 1.807) is 13.3 Å². The van der Waals surface area contributed by atoms with Crippen LogP contribution < -0.4 is 4.74 Å². The molecular formula is C8H10BrNO. The molecule has 1 heterocycles. The van der Waals surface area contributed by atoms with Crippen LogP contribution in [-0.2, 0) is 0 Å². The Morgan fingerprint density at radius 1 is 1.36 bits per heavy atom. The Bertz CT molecular complexity index is 273. The molecule has 1 aromatic rings. The zero-order valence-corrected chi connectivity index (χ0v) is 8.40. The highest BCUT2D eigenvalue weighted by atomic mass is 79.9. The lowest BCUT2D eigenvalue weighted by molar-refractivity contribution is 0.394. The third kappa shape index (κ3) is 1.53. The Morgan fingerprint density at radius 3 is 2.55 bits per heavy atom. The highest BCUT2D eigenvalue weighted by molar-refractivity contribution is 9.10. The van der Waals surface area contributed by atoms with E-state index >= 15 is 0 Å². The Hall–Kier alpha value is -0.570. The topological polar surface area (TPSA) is 22.1 Å². The molecule has 3 heteroatoms. The third-order valence-electron chi connectivity index (χ3n) is 1.73. The Morgan fingerprint density at radius 2 is 2.00 bits per heavy atom. The molecule has 0 fully saturated rings. The van der Waals surface area contributed by atoms with Gasteiger partial charge < -0.3 is 4.74 Å². The highest BCUT2D eigenvalue weighted by Crippen LogP contribution is 2.24. The van der Waals surface area contributed by atoms with Crippen LogP contribution in [0.2, 0.25) is 0 Å². The first kappa shape index (κ1) is 8.53. The van der Waals surface area contributed by atoms with Crippen molar-refractivity contribution in [2.45, 2.75) is 13.8 Å². The second-order valence-corrected chi connectivity index (χ2v) is 3.22. The predicted octanol–water partition coefficient (Wildman–Crippen LogP) is 2.47. The maximum absolute atomic E-state index is 5.05. The molecule has 0 N–H and O–H groups in total. The molecule has 0 atom stereocenters. The summed E-state index contributed by atoms with van der Waals surface area (Å²) < 4.78 is 6.07. The molecule has 1 aromatic heterocycles. The number of ether oxygens (including phenoxy) is 1. The van der Waals surface area contributed by atoms with Crippen LogP contribution in [0.5, 0.6) is 5.88 Å². The van der Waals surface area contributed by atoms with Crippen molar-refractivity contribution in [3.05, 3.63) is 21.8 Å². The molecular weight excluding hydrogens is 206 g/mol. The molecule has 0 aliphatic heterocycles. The number of hydrogen-bond acceptors (Lipinski definition) is 2. The first-order valence-electron chi connectivity index (χ1n) is 3.32. The minimum Gasteiger partial charge on any atom is -0.481 e. The first-order valence-corrected chi connectivity index (χ1v) is 4.11. The molecule has 0 radical (unpaired) electrons. The van der Waals surface area contributed by atoms with E-state index in [1.165, 1.54) is 5.56 Å². The second kappa shape index (κ2) is 3.22. The van der Waals surface area contributed by atoms with Gasteiger partial charge in [0.15, 0.2) is 0 Å². The van der Waals surface area contributed by atoms with Gasteiger partial charge in [-0.25, -0.2) is 4.98 Å². The van der Waals surface area contributed by atoms with Gasteiger partial charge in [0.2, 0.25) is 5.88 Å². The summed E-state index contributed by atoms with van der Waals surface area (Å²) in [5.41, 5.74) is 2.26. The largest absolute Gasteiger partial charge is 0.481 e. The lowest BCUT2D eigenvalue weighted by Crippen LogP contribution is -1.93. The number of halogens is 1. The monoisotopic (exact) mass is 215 g/mol. The molecule has 11 heavy (non-hydrogen) atoms. The molecule has 60 valence electrons. The van der Waals surface area contributed by atoms with Gasteiger partial charge in [0.05, 0.1) is 7.11 Å². The lowest BCUT2D eigenvalue weighted by Gasteiger charge is -2.06. The average Bonchev–Trinajstić information content (AvgIpc) is 2.01. The van der Waals surface area contributed by atoms with E-state index in [0.717, 1.165) is 10.0 Å². The minimum absolute atomic E-state index is 0.700. The van der Waals surface area contributed by atoms with Crippen molar-refractivity contribution >= 4 is 15.9 Å². The quantitative estimate of drug-likeness (QED) is 0.719. The van der Waals surface area contributed by atoms with Gasteiger partial charge in [-0.2, -0.15) is 0 Å². The summed E-state index contributed by atoms with van der Waals surface area (Å²) in [7, 11) is 1.63. The molecule has 0 saturated carbocycles. The molecule has 0 amide bonds. The van der Waals surface area contributed by atoms with E-state index in [9.17, 15) is 0 Å². The highest BCUT2D eigenvalue weighted by Gasteiger charge is 2.04. The average molecular weight is 216 g/mol. The molecule has 0 aliphatic rings. The van der Waals surface area contributed by atoms with Crippen LogP contribution in [0.15, 0.2) is 10.7 Å². The smallest absolute Gasteiger partial charge is 0.216 e. The van der Waals surface area contributed by atoms with E-state index in [1.807, 2.05) is 13.8 Å². The molecule has 0 aromatic carbocycles. The number of nitrogens with zero attached hydrogens (tertiary/aromatic N) is 1. The Balaban J connectivity index is 3.25. The van der Waals surface area contributed by atoms with Gasteiger partial charge in [0.25, 0.3) is 0 Å². The number of methoxy groups -OCH3 is 1. The van der Waals surface area contributed by atoms with E-state index in [4.69, 9.17) is 4.74 Å². The fourth-order valence-electron chi connectivity index (χ4n) is 0.854. The molecule has 0 spiro atoms. The van der Waals surface area contributed by atoms with Crippen molar-refractivity contribution in [2.75, 3.05) is 7.11 Å². The normalized spacial score (nSPS) is 9.82. The summed E-state index contributed by atoms with van der Waals surface area (Å²) in [6.07, 6.45) is 1.75. The third-order valence-corrected chi connectivity index (χ3v) is 2.53. The summed E-state index contributed by atoms with van der Waals surface area (Å²) in [4.78, 5) is 4.09. The predicted molar refractivity (Wildman–Crippen MR) is 48.0 cm³/mol. The molecule has 0 saturated heterocycles. The number of pyridine rings is 1. The maximum atomic E-state index is 5.05. The first-order chi connectivity index (χ1) is 5.16. The SMILES string of the molecule is COc1ncc(Br)c(C)c1C. The maximum Gasteiger partial charge on any atom is 0.216 e. The second-order valence-electron chi connectivity index (χ2n) is 2.37. The summed E-state index contributed by atoms with van der Waals surface area (Å²) in [5, 5.41) is 0. The van der Waals surface area contributed by atoms with Gasteiger partial charge in [0, 0.05) is 16.2 Å². The van der Waals surface area contributed by atoms with Gasteiger partial charge in [-0.3, -0.25) is 0 Å². The van der Waals surface area contributed by atoms with Crippen molar-refractivity contribution in [2.24, 2.45) is 0 Å². The number of hydrogen-bond donors (Lipinski definition) is 0. The van der Waals surface area contributed by atoms with E-state index in [-0.39, 0.29) is 0 Å². The van der Waals surface area contributed by atoms with Gasteiger partial charge >= 0.3 is 0 Å². The fraction of sp³-hybridized carbons (Fsp3) is 0.375. The number of rotatable bonds is 1. The van der Waals surface area contributed by atoms with E-state index < -0.39 is 0 Å². The van der Waals surface area contributed by atoms with Gasteiger partial charge in [0.1, 0.15) is 0 Å². The van der Waals surface area contributed by atoms with Gasteiger partial charge in [-0.05, 0) is 35.3 Å². The van der Waals surface area contributed by atoms with Crippen LogP contribution in [-0.4, -0.2) is 12.1 Å². The van der Waals surface area contributed by atoms with Crippen molar-refractivity contribution in [1.82, 2.24) is 4.98 Å². The summed E-state index contributed by atoms with van der Waals surface area (Å²) in [6.45, 7) is 4.02. The molecule has 0 aliphatic carbocycles. The molecule has 0 bridgehead atoms. The zero-order valence-electron chi connectivity index (χ0n) is 6.81. The van der Waals surface area contributed by atoms with Crippen molar-refractivity contribution in [1.29, 1.82) is 0 Å². The number of aromatic nitrogens is 1. The van der Waals surface area contributed by atoms with Gasteiger partial charge in [-0.1, -0.05) is 0 Å². The van der Waals surface area contributed by atoms with Crippen LogP contribution in [0.1, 0.15) is 11.1 Å². The van der Waals surface area contributed by atoms with Crippen molar-refractivity contribution in [3.8, 4) is 5.88 Å².